The van der Waals surface area contributed by atoms with Gasteiger partial charge in [0.25, 0.3) is 0 Å². The monoisotopic (exact) mass is 487 g/mol. The molecule has 1 aliphatic heterocycles. The van der Waals surface area contributed by atoms with Gasteiger partial charge in [-0.2, -0.15) is 10.4 Å². The first kappa shape index (κ1) is 22.6. The summed E-state index contributed by atoms with van der Waals surface area (Å²) in [4.78, 5) is 23.7. The number of nitrogens with one attached hydrogen (secondary N) is 2. The molecule has 0 spiro atoms. The Morgan fingerprint density at radius 2 is 2.00 bits per heavy atom. The zero-order chi connectivity index (χ0) is 24.3. The van der Waals surface area contributed by atoms with E-state index in [9.17, 15) is 10.1 Å². The third kappa shape index (κ3) is 4.88. The molecule has 2 aromatic heterocycles. The van der Waals surface area contributed by atoms with Gasteiger partial charge in [0.15, 0.2) is 5.65 Å². The molecule has 1 saturated heterocycles. The number of hydrogen-bond donors (Lipinski definition) is 2. The SMILES string of the molecule is N#CC1(NC(=O)OCc2ccccc2)CCN(c2cnc3c(-c4cccc(Cl)c4)n[nH]c3n2)CC1. The lowest BCUT2D eigenvalue weighted by Crippen LogP contribution is -2.54. The highest BCUT2D eigenvalue weighted by atomic mass is 35.5. The van der Waals surface area contributed by atoms with E-state index in [1.54, 1.807) is 12.3 Å². The summed E-state index contributed by atoms with van der Waals surface area (Å²) >= 11 is 6.11. The zero-order valence-corrected chi connectivity index (χ0v) is 19.5. The topological polar surface area (TPSA) is 120 Å². The molecule has 0 bridgehead atoms. The number of hydrogen-bond acceptors (Lipinski definition) is 7. The van der Waals surface area contributed by atoms with Crippen LogP contribution in [0.15, 0.2) is 60.8 Å². The summed E-state index contributed by atoms with van der Waals surface area (Å²) in [6.45, 7) is 1.21. The minimum Gasteiger partial charge on any atom is -0.445 e. The number of benzene rings is 2. The van der Waals surface area contributed by atoms with Gasteiger partial charge < -0.3 is 15.0 Å². The second kappa shape index (κ2) is 9.60. The molecule has 0 radical (unpaired) electrons. The average molecular weight is 488 g/mol. The van der Waals surface area contributed by atoms with Gasteiger partial charge in [0, 0.05) is 36.5 Å². The van der Waals surface area contributed by atoms with Crippen molar-refractivity contribution in [3.63, 3.8) is 0 Å². The molecule has 10 heteroatoms. The summed E-state index contributed by atoms with van der Waals surface area (Å²) in [7, 11) is 0. The molecule has 2 N–H and O–H groups in total. The molecular weight excluding hydrogens is 466 g/mol. The lowest BCUT2D eigenvalue weighted by atomic mass is 9.89. The number of carbonyl (C=O) groups excluding carboxylic acids is 1. The number of anilines is 1. The van der Waals surface area contributed by atoms with E-state index in [1.807, 2.05) is 53.4 Å². The standard InChI is InChI=1S/C25H22ClN7O2/c26-19-8-4-7-18(13-19)21-22-23(32-31-21)29-20(14-28-22)33-11-9-25(16-27,10-12-33)30-24(34)35-15-17-5-2-1-3-6-17/h1-8,13-14H,9-12,15H2,(H,30,34)(H,29,31,32). The van der Waals surface area contributed by atoms with Gasteiger partial charge in [-0.1, -0.05) is 54.1 Å². The van der Waals surface area contributed by atoms with Crippen molar-refractivity contribution in [3.8, 4) is 17.3 Å². The Kier molecular flexibility index (Phi) is 6.21. The number of ether oxygens (including phenoxy) is 1. The van der Waals surface area contributed by atoms with Crippen molar-refractivity contribution in [2.45, 2.75) is 25.0 Å². The van der Waals surface area contributed by atoms with Crippen molar-refractivity contribution < 1.29 is 9.53 Å². The van der Waals surface area contributed by atoms with Crippen LogP contribution in [0.4, 0.5) is 10.6 Å². The van der Waals surface area contributed by atoms with Crippen molar-refractivity contribution >= 4 is 34.7 Å². The quantitative estimate of drug-likeness (QED) is 0.426. The minimum atomic E-state index is -0.991. The molecule has 0 unspecified atom stereocenters. The van der Waals surface area contributed by atoms with E-state index in [1.165, 1.54) is 0 Å². The fourth-order valence-electron chi connectivity index (χ4n) is 4.12. The molecule has 176 valence electrons. The average Bonchev–Trinajstić information content (AvgIpc) is 3.32. The number of aromatic nitrogens is 4. The first-order valence-corrected chi connectivity index (χ1v) is 11.6. The minimum absolute atomic E-state index is 0.150. The Labute approximate surface area is 206 Å². The van der Waals surface area contributed by atoms with Crippen LogP contribution in [-0.4, -0.2) is 44.9 Å². The molecule has 1 aliphatic rings. The largest absolute Gasteiger partial charge is 0.445 e. The molecule has 0 atom stereocenters. The van der Waals surface area contributed by atoms with Gasteiger partial charge in [-0.05, 0) is 17.7 Å². The molecule has 0 aliphatic carbocycles. The number of rotatable bonds is 5. The van der Waals surface area contributed by atoms with Crippen LogP contribution in [0.1, 0.15) is 18.4 Å². The summed E-state index contributed by atoms with van der Waals surface area (Å²) < 4.78 is 5.31. The summed E-state index contributed by atoms with van der Waals surface area (Å²) in [5.41, 5.74) is 2.65. The maximum Gasteiger partial charge on any atom is 0.408 e. The second-order valence-electron chi connectivity index (χ2n) is 8.38. The number of H-pyrrole nitrogens is 1. The molecule has 1 fully saturated rings. The van der Waals surface area contributed by atoms with Gasteiger partial charge in [-0.3, -0.25) is 5.10 Å². The second-order valence-corrected chi connectivity index (χ2v) is 8.81. The van der Waals surface area contributed by atoms with Crippen LogP contribution in [0, 0.1) is 11.3 Å². The van der Waals surface area contributed by atoms with E-state index in [-0.39, 0.29) is 6.61 Å². The molecule has 4 aromatic rings. The van der Waals surface area contributed by atoms with E-state index >= 15 is 0 Å². The van der Waals surface area contributed by atoms with Gasteiger partial charge >= 0.3 is 6.09 Å². The lowest BCUT2D eigenvalue weighted by molar-refractivity contribution is 0.128. The van der Waals surface area contributed by atoms with Crippen LogP contribution in [0.2, 0.25) is 5.02 Å². The first-order valence-electron chi connectivity index (χ1n) is 11.2. The Morgan fingerprint density at radius 3 is 2.74 bits per heavy atom. The van der Waals surface area contributed by atoms with E-state index in [0.717, 1.165) is 11.1 Å². The molecule has 0 saturated carbocycles. The van der Waals surface area contributed by atoms with Gasteiger partial charge in [0.1, 0.15) is 29.2 Å². The van der Waals surface area contributed by atoms with Gasteiger partial charge in [0.2, 0.25) is 0 Å². The van der Waals surface area contributed by atoms with E-state index in [4.69, 9.17) is 16.3 Å². The predicted octanol–water partition coefficient (Wildman–Crippen LogP) is 4.46. The van der Waals surface area contributed by atoms with Crippen LogP contribution < -0.4 is 10.2 Å². The molecule has 1 amide bonds. The molecule has 35 heavy (non-hydrogen) atoms. The van der Waals surface area contributed by atoms with Crippen molar-refractivity contribution in [2.24, 2.45) is 0 Å². The van der Waals surface area contributed by atoms with E-state index in [2.05, 4.69) is 31.6 Å². The number of aromatic amines is 1. The van der Waals surface area contributed by atoms with E-state index < -0.39 is 11.6 Å². The van der Waals surface area contributed by atoms with Crippen LogP contribution in [0.5, 0.6) is 0 Å². The Hall–Kier alpha value is -4.16. The Balaban J connectivity index is 1.24. The van der Waals surface area contributed by atoms with Crippen LogP contribution in [0.3, 0.4) is 0 Å². The van der Waals surface area contributed by atoms with Crippen molar-refractivity contribution in [1.82, 2.24) is 25.5 Å². The van der Waals surface area contributed by atoms with Gasteiger partial charge in [0.05, 0.1) is 12.3 Å². The summed E-state index contributed by atoms with van der Waals surface area (Å²) in [6, 6.07) is 19.1. The Bertz CT molecular complexity index is 1390. The van der Waals surface area contributed by atoms with Gasteiger partial charge in [-0.25, -0.2) is 14.8 Å². The van der Waals surface area contributed by atoms with Crippen LogP contribution in [-0.2, 0) is 11.3 Å². The number of fused-ring (bicyclic) bond motifs is 1. The summed E-state index contributed by atoms with van der Waals surface area (Å²) in [5.74, 6) is 0.678. The maximum absolute atomic E-state index is 12.3. The fraction of sp³-hybridized carbons (Fsp3) is 0.240. The molecule has 9 nitrogen and oxygen atoms in total. The lowest BCUT2D eigenvalue weighted by Gasteiger charge is -2.37. The molecule has 5 rings (SSSR count). The summed E-state index contributed by atoms with van der Waals surface area (Å²) in [5, 5.41) is 20.5. The normalized spacial score (nSPS) is 14.9. The smallest absolute Gasteiger partial charge is 0.408 e. The number of carbonyl (C=O) groups is 1. The predicted molar refractivity (Wildman–Crippen MR) is 132 cm³/mol. The number of amides is 1. The molecule has 2 aromatic carbocycles. The highest BCUT2D eigenvalue weighted by Crippen LogP contribution is 2.29. The highest BCUT2D eigenvalue weighted by Gasteiger charge is 2.37. The number of nitriles is 1. The first-order chi connectivity index (χ1) is 17.0. The number of halogens is 1. The fourth-order valence-corrected chi connectivity index (χ4v) is 4.31. The number of nitrogens with zero attached hydrogens (tertiary/aromatic N) is 5. The van der Waals surface area contributed by atoms with Crippen LogP contribution >= 0.6 is 11.6 Å². The molecule has 3 heterocycles. The summed E-state index contributed by atoms with van der Waals surface area (Å²) in [6.07, 6.45) is 1.96. The zero-order valence-electron chi connectivity index (χ0n) is 18.7. The van der Waals surface area contributed by atoms with Crippen LogP contribution in [0.25, 0.3) is 22.4 Å². The van der Waals surface area contributed by atoms with Crippen molar-refractivity contribution in [1.29, 1.82) is 5.26 Å². The van der Waals surface area contributed by atoms with Crippen molar-refractivity contribution in [2.75, 3.05) is 18.0 Å². The molecular formula is C25H22ClN7O2. The van der Waals surface area contributed by atoms with Crippen molar-refractivity contribution in [3.05, 3.63) is 71.4 Å². The maximum atomic E-state index is 12.3. The third-order valence-electron chi connectivity index (χ3n) is 6.06. The third-order valence-corrected chi connectivity index (χ3v) is 6.30. The van der Waals surface area contributed by atoms with E-state index in [0.29, 0.717) is 53.6 Å². The van der Waals surface area contributed by atoms with Gasteiger partial charge in [-0.15, -0.1) is 0 Å². The highest BCUT2D eigenvalue weighted by molar-refractivity contribution is 6.30. The number of alkyl carbamates (subject to hydrolysis) is 1. The Morgan fingerprint density at radius 1 is 1.20 bits per heavy atom. The number of piperidine rings is 1.